The molecule has 1 heterocycles. The second-order valence-corrected chi connectivity index (χ2v) is 6.91. The van der Waals surface area contributed by atoms with Crippen LogP contribution < -0.4 is 5.73 Å². The lowest BCUT2D eigenvalue weighted by atomic mass is 9.90. The van der Waals surface area contributed by atoms with Crippen LogP contribution in [-0.2, 0) is 11.2 Å². The average Bonchev–Trinajstić information content (AvgIpc) is 2.92. The van der Waals surface area contributed by atoms with Crippen molar-refractivity contribution in [1.82, 2.24) is 0 Å². The van der Waals surface area contributed by atoms with Gasteiger partial charge in [0.2, 0.25) is 0 Å². The summed E-state index contributed by atoms with van der Waals surface area (Å²) in [5, 5.41) is 0. The first-order valence-corrected chi connectivity index (χ1v) is 6.67. The van der Waals surface area contributed by atoms with E-state index in [1.54, 1.807) is 11.3 Å². The van der Waals surface area contributed by atoms with Gasteiger partial charge in [-0.2, -0.15) is 0 Å². The molecule has 0 amide bonds. The lowest BCUT2D eigenvalue weighted by Gasteiger charge is -2.22. The van der Waals surface area contributed by atoms with Crippen molar-refractivity contribution in [3.05, 3.63) is 20.8 Å². The highest BCUT2D eigenvalue weighted by Gasteiger charge is 2.43. The fourth-order valence-corrected chi connectivity index (χ4v) is 3.19. The van der Waals surface area contributed by atoms with Gasteiger partial charge in [0.25, 0.3) is 0 Å². The van der Waals surface area contributed by atoms with Gasteiger partial charge in [-0.15, -0.1) is 11.3 Å². The molecule has 0 saturated heterocycles. The summed E-state index contributed by atoms with van der Waals surface area (Å²) in [6.45, 7) is 1.87. The van der Waals surface area contributed by atoms with E-state index >= 15 is 0 Å². The number of halogens is 1. The van der Waals surface area contributed by atoms with Gasteiger partial charge in [-0.1, -0.05) is 0 Å². The van der Waals surface area contributed by atoms with E-state index in [1.165, 1.54) is 0 Å². The van der Waals surface area contributed by atoms with E-state index in [-0.39, 0.29) is 5.78 Å². The molecule has 1 unspecified atom stereocenters. The molecule has 0 spiro atoms. The predicted octanol–water partition coefficient (Wildman–Crippen LogP) is 2.75. The van der Waals surface area contributed by atoms with Crippen molar-refractivity contribution in [3.8, 4) is 0 Å². The van der Waals surface area contributed by atoms with Crippen molar-refractivity contribution >= 4 is 33.0 Å². The summed E-state index contributed by atoms with van der Waals surface area (Å²) in [5.41, 5.74) is 5.45. The van der Waals surface area contributed by atoms with E-state index < -0.39 is 5.54 Å². The molecule has 15 heavy (non-hydrogen) atoms. The largest absolute Gasteiger partial charge is 0.319 e. The van der Waals surface area contributed by atoms with Gasteiger partial charge >= 0.3 is 0 Å². The van der Waals surface area contributed by atoms with Crippen LogP contribution in [0.5, 0.6) is 0 Å². The van der Waals surface area contributed by atoms with Crippen molar-refractivity contribution < 1.29 is 4.79 Å². The number of hydrogen-bond donors (Lipinski definition) is 1. The molecule has 1 aliphatic carbocycles. The van der Waals surface area contributed by atoms with Crippen LogP contribution in [0.4, 0.5) is 0 Å². The number of rotatable bonds is 4. The van der Waals surface area contributed by atoms with Gasteiger partial charge in [0.15, 0.2) is 5.78 Å². The minimum atomic E-state index is -0.615. The summed E-state index contributed by atoms with van der Waals surface area (Å²) in [7, 11) is 0. The number of ketones is 1. The number of thiophene rings is 1. The van der Waals surface area contributed by atoms with Crippen LogP contribution in [0.2, 0.25) is 0 Å². The number of nitrogens with two attached hydrogens (primary N) is 1. The molecule has 0 radical (unpaired) electrons. The fraction of sp³-hybridized carbons (Fsp3) is 0.545. The smallest absolute Gasteiger partial charge is 0.157 e. The monoisotopic (exact) mass is 287 g/mol. The standard InChI is InChI=1S/C11H14BrNOS/c1-11(13,7-2-3-7)9(14)6-8-4-5-10(12)15-8/h4-5,7H,2-3,6,13H2,1H3. The number of carbonyl (C=O) groups is 1. The third-order valence-corrected chi connectivity index (χ3v) is 4.61. The zero-order chi connectivity index (χ0) is 11.1. The lowest BCUT2D eigenvalue weighted by molar-refractivity contribution is -0.123. The molecule has 2 N–H and O–H groups in total. The Morgan fingerprint density at radius 3 is 2.80 bits per heavy atom. The topological polar surface area (TPSA) is 43.1 Å². The third-order valence-electron chi connectivity index (χ3n) is 2.99. The Kier molecular flexibility index (Phi) is 3.01. The SMILES string of the molecule is CC(N)(C(=O)Cc1ccc(Br)s1)C1CC1. The maximum absolute atomic E-state index is 12.0. The Hall–Kier alpha value is -0.190. The number of carbonyl (C=O) groups excluding carboxylic acids is 1. The summed E-state index contributed by atoms with van der Waals surface area (Å²) in [6, 6.07) is 3.95. The minimum Gasteiger partial charge on any atom is -0.319 e. The van der Waals surface area contributed by atoms with Crippen molar-refractivity contribution in [2.45, 2.75) is 31.7 Å². The second-order valence-electron chi connectivity index (χ2n) is 4.36. The molecule has 0 aromatic carbocycles. The summed E-state index contributed by atoms with van der Waals surface area (Å²) in [6.07, 6.45) is 2.68. The Balaban J connectivity index is 2.03. The molecule has 1 atom stereocenters. The van der Waals surface area contributed by atoms with E-state index in [1.807, 2.05) is 19.1 Å². The number of hydrogen-bond acceptors (Lipinski definition) is 3. The highest BCUT2D eigenvalue weighted by atomic mass is 79.9. The van der Waals surface area contributed by atoms with Crippen LogP contribution in [0.15, 0.2) is 15.9 Å². The molecule has 0 bridgehead atoms. The molecule has 1 aromatic heterocycles. The Morgan fingerprint density at radius 1 is 1.67 bits per heavy atom. The fourth-order valence-electron chi connectivity index (χ4n) is 1.71. The highest BCUT2D eigenvalue weighted by Crippen LogP contribution is 2.39. The molecule has 1 saturated carbocycles. The van der Waals surface area contributed by atoms with Crippen LogP contribution in [0, 0.1) is 5.92 Å². The van der Waals surface area contributed by atoms with E-state index in [4.69, 9.17) is 5.73 Å². The van der Waals surface area contributed by atoms with E-state index in [9.17, 15) is 4.79 Å². The van der Waals surface area contributed by atoms with Crippen LogP contribution in [-0.4, -0.2) is 11.3 Å². The maximum atomic E-state index is 12.0. The zero-order valence-electron chi connectivity index (χ0n) is 8.63. The van der Waals surface area contributed by atoms with Crippen molar-refractivity contribution in [3.63, 3.8) is 0 Å². The number of Topliss-reactive ketones (excluding diaryl/α,β-unsaturated/α-hetero) is 1. The summed E-state index contributed by atoms with van der Waals surface area (Å²) in [4.78, 5) is 13.1. The Labute approximate surface area is 102 Å². The quantitative estimate of drug-likeness (QED) is 0.925. The molecule has 2 nitrogen and oxygen atoms in total. The average molecular weight is 288 g/mol. The Morgan fingerprint density at radius 2 is 2.33 bits per heavy atom. The van der Waals surface area contributed by atoms with Gasteiger partial charge in [-0.3, -0.25) is 4.79 Å². The zero-order valence-corrected chi connectivity index (χ0v) is 11.0. The molecule has 1 fully saturated rings. The van der Waals surface area contributed by atoms with E-state index in [0.717, 1.165) is 21.5 Å². The van der Waals surface area contributed by atoms with Crippen molar-refractivity contribution in [1.29, 1.82) is 0 Å². The molecule has 0 aliphatic heterocycles. The highest BCUT2D eigenvalue weighted by molar-refractivity contribution is 9.11. The van der Waals surface area contributed by atoms with Crippen LogP contribution in [0.25, 0.3) is 0 Å². The molecular formula is C11H14BrNOS. The molecular weight excluding hydrogens is 274 g/mol. The molecule has 2 rings (SSSR count). The van der Waals surface area contributed by atoms with Gasteiger partial charge in [0.05, 0.1) is 9.33 Å². The molecule has 82 valence electrons. The van der Waals surface area contributed by atoms with Gasteiger partial charge in [-0.25, -0.2) is 0 Å². The van der Waals surface area contributed by atoms with Crippen LogP contribution in [0.3, 0.4) is 0 Å². The maximum Gasteiger partial charge on any atom is 0.157 e. The summed E-state index contributed by atoms with van der Waals surface area (Å²) in [5.74, 6) is 0.577. The van der Waals surface area contributed by atoms with Crippen LogP contribution in [0.1, 0.15) is 24.6 Å². The first-order valence-electron chi connectivity index (χ1n) is 5.06. The van der Waals surface area contributed by atoms with Crippen LogP contribution >= 0.6 is 27.3 Å². The van der Waals surface area contributed by atoms with Crippen molar-refractivity contribution in [2.75, 3.05) is 0 Å². The Bertz CT molecular complexity index is 382. The molecule has 1 aliphatic rings. The molecule has 1 aromatic rings. The third kappa shape index (κ3) is 2.49. The normalized spacial score (nSPS) is 19.9. The second kappa shape index (κ2) is 4.00. The first-order chi connectivity index (χ1) is 7.00. The van der Waals surface area contributed by atoms with Gasteiger partial charge < -0.3 is 5.73 Å². The van der Waals surface area contributed by atoms with Gasteiger partial charge in [-0.05, 0) is 53.7 Å². The van der Waals surface area contributed by atoms with Crippen molar-refractivity contribution in [2.24, 2.45) is 11.7 Å². The first kappa shape index (κ1) is 11.3. The van der Waals surface area contributed by atoms with E-state index in [0.29, 0.717) is 12.3 Å². The predicted molar refractivity (Wildman–Crippen MR) is 66.0 cm³/mol. The molecule has 4 heteroatoms. The summed E-state index contributed by atoms with van der Waals surface area (Å²) < 4.78 is 1.07. The minimum absolute atomic E-state index is 0.166. The van der Waals surface area contributed by atoms with Gasteiger partial charge in [0, 0.05) is 11.3 Å². The summed E-state index contributed by atoms with van der Waals surface area (Å²) >= 11 is 4.99. The van der Waals surface area contributed by atoms with E-state index in [2.05, 4.69) is 15.9 Å². The lowest BCUT2D eigenvalue weighted by Crippen LogP contribution is -2.47. The van der Waals surface area contributed by atoms with Gasteiger partial charge in [0.1, 0.15) is 0 Å².